The molecule has 3 rings (SSSR count). The number of nitro benzene ring substituents is 1. The molecule has 0 aliphatic carbocycles. The number of thiophene rings is 1. The van der Waals surface area contributed by atoms with Crippen molar-refractivity contribution in [3.63, 3.8) is 0 Å². The molecule has 0 bridgehead atoms. The van der Waals surface area contributed by atoms with Gasteiger partial charge in [0.15, 0.2) is 0 Å². The van der Waals surface area contributed by atoms with Crippen LogP contribution < -0.4 is 4.90 Å². The molecule has 25 heavy (non-hydrogen) atoms. The fourth-order valence-corrected chi connectivity index (χ4v) is 3.80. The van der Waals surface area contributed by atoms with Gasteiger partial charge in [0.05, 0.1) is 4.92 Å². The maximum absolute atomic E-state index is 12.3. The van der Waals surface area contributed by atoms with Crippen LogP contribution in [0.4, 0.5) is 11.4 Å². The minimum atomic E-state index is -0.378. The van der Waals surface area contributed by atoms with Crippen molar-refractivity contribution in [2.45, 2.75) is 19.3 Å². The Kier molecular flexibility index (Phi) is 5.65. The molecule has 1 aliphatic rings. The average Bonchev–Trinajstić information content (AvgIpc) is 3.15. The van der Waals surface area contributed by atoms with E-state index in [-0.39, 0.29) is 16.5 Å². The van der Waals surface area contributed by atoms with E-state index in [0.29, 0.717) is 32.6 Å². The maximum Gasteiger partial charge on any atom is 0.271 e. The van der Waals surface area contributed by atoms with E-state index in [1.54, 1.807) is 23.5 Å². The Balaban J connectivity index is 1.47. The summed E-state index contributed by atoms with van der Waals surface area (Å²) in [5.74, 6) is 0.204. The number of non-ortho nitro benzene ring substituents is 1. The molecule has 6 nitrogen and oxygen atoms in total. The molecular formula is C18H21N3O3S. The van der Waals surface area contributed by atoms with Crippen molar-refractivity contribution in [3.05, 3.63) is 56.8 Å². The zero-order valence-corrected chi connectivity index (χ0v) is 14.8. The molecular weight excluding hydrogens is 338 g/mol. The largest absolute Gasteiger partial charge is 0.368 e. The summed E-state index contributed by atoms with van der Waals surface area (Å²) in [7, 11) is 0. The Morgan fingerprint density at radius 3 is 2.64 bits per heavy atom. The van der Waals surface area contributed by atoms with Crippen molar-refractivity contribution < 1.29 is 9.72 Å². The molecule has 1 saturated heterocycles. The van der Waals surface area contributed by atoms with Crippen molar-refractivity contribution >= 4 is 28.6 Å². The third-order valence-corrected chi connectivity index (χ3v) is 5.37. The average molecular weight is 359 g/mol. The first-order valence-electron chi connectivity index (χ1n) is 8.43. The van der Waals surface area contributed by atoms with Crippen LogP contribution >= 0.6 is 11.3 Å². The highest BCUT2D eigenvalue weighted by Gasteiger charge is 2.21. The monoisotopic (exact) mass is 359 g/mol. The van der Waals surface area contributed by atoms with Gasteiger partial charge in [-0.15, -0.1) is 11.3 Å². The normalized spacial score (nSPS) is 14.6. The lowest BCUT2D eigenvalue weighted by molar-refractivity contribution is -0.384. The predicted molar refractivity (Wildman–Crippen MR) is 99.1 cm³/mol. The van der Waals surface area contributed by atoms with Gasteiger partial charge in [0, 0.05) is 55.3 Å². The van der Waals surface area contributed by atoms with Crippen LogP contribution in [-0.2, 0) is 11.2 Å². The van der Waals surface area contributed by atoms with Crippen LogP contribution in [0.3, 0.4) is 0 Å². The topological polar surface area (TPSA) is 66.7 Å². The second-order valence-corrected chi connectivity index (χ2v) is 7.11. The first-order valence-corrected chi connectivity index (χ1v) is 9.31. The van der Waals surface area contributed by atoms with E-state index in [4.69, 9.17) is 0 Å². The molecule has 0 radical (unpaired) electrons. The summed E-state index contributed by atoms with van der Waals surface area (Å²) in [6.07, 6.45) is 2.41. The number of amides is 1. The number of nitrogens with zero attached hydrogens (tertiary/aromatic N) is 3. The van der Waals surface area contributed by atoms with Crippen LogP contribution in [0.15, 0.2) is 41.8 Å². The van der Waals surface area contributed by atoms with E-state index >= 15 is 0 Å². The fraction of sp³-hybridized carbons (Fsp3) is 0.389. The van der Waals surface area contributed by atoms with Crippen LogP contribution in [0, 0.1) is 10.1 Å². The van der Waals surface area contributed by atoms with Crippen LogP contribution in [0.5, 0.6) is 0 Å². The van der Waals surface area contributed by atoms with Gasteiger partial charge in [-0.05, 0) is 30.4 Å². The van der Waals surface area contributed by atoms with E-state index in [2.05, 4.69) is 16.3 Å². The van der Waals surface area contributed by atoms with Crippen LogP contribution in [0.2, 0.25) is 0 Å². The van der Waals surface area contributed by atoms with E-state index in [9.17, 15) is 14.9 Å². The van der Waals surface area contributed by atoms with E-state index in [0.717, 1.165) is 18.5 Å². The summed E-state index contributed by atoms with van der Waals surface area (Å²) >= 11 is 1.73. The standard InChI is InChI=1S/C18H21N3O3S/c22-18(8-2-6-17-7-3-13-25-17)20-11-9-19(10-12-20)15-4-1-5-16(14-15)21(23)24/h1,3-5,7,13-14H,2,6,8-12H2. The SMILES string of the molecule is O=C(CCCc1cccs1)N1CCN(c2cccc([N+](=O)[O-])c2)CC1. The van der Waals surface area contributed by atoms with E-state index in [1.807, 2.05) is 17.0 Å². The number of hydrogen-bond acceptors (Lipinski definition) is 5. The third kappa shape index (κ3) is 4.57. The van der Waals surface area contributed by atoms with Gasteiger partial charge in [0.2, 0.25) is 5.91 Å². The Morgan fingerprint density at radius 1 is 1.16 bits per heavy atom. The van der Waals surface area contributed by atoms with Crippen molar-refractivity contribution in [2.75, 3.05) is 31.1 Å². The van der Waals surface area contributed by atoms with Crippen molar-refractivity contribution in [1.29, 1.82) is 0 Å². The van der Waals surface area contributed by atoms with Gasteiger partial charge in [-0.25, -0.2) is 0 Å². The van der Waals surface area contributed by atoms with Gasteiger partial charge in [0.25, 0.3) is 5.69 Å². The Morgan fingerprint density at radius 2 is 1.96 bits per heavy atom. The number of aryl methyl sites for hydroxylation is 1. The molecule has 0 unspecified atom stereocenters. The lowest BCUT2D eigenvalue weighted by Gasteiger charge is -2.36. The number of nitro groups is 1. The summed E-state index contributed by atoms with van der Waals surface area (Å²) < 4.78 is 0. The summed E-state index contributed by atoms with van der Waals surface area (Å²) in [6.45, 7) is 2.75. The number of carbonyl (C=O) groups is 1. The van der Waals surface area contributed by atoms with Gasteiger partial charge in [0.1, 0.15) is 0 Å². The van der Waals surface area contributed by atoms with E-state index < -0.39 is 0 Å². The van der Waals surface area contributed by atoms with Gasteiger partial charge in [-0.1, -0.05) is 12.1 Å². The minimum absolute atomic E-state index is 0.101. The minimum Gasteiger partial charge on any atom is -0.368 e. The molecule has 1 aromatic carbocycles. The zero-order valence-electron chi connectivity index (χ0n) is 14.0. The number of benzene rings is 1. The molecule has 1 aliphatic heterocycles. The smallest absolute Gasteiger partial charge is 0.271 e. The molecule has 0 spiro atoms. The Bertz CT molecular complexity index is 725. The Labute approximate surface area is 150 Å². The third-order valence-electron chi connectivity index (χ3n) is 4.43. The highest BCUT2D eigenvalue weighted by atomic mass is 32.1. The van der Waals surface area contributed by atoms with Crippen LogP contribution in [-0.4, -0.2) is 41.9 Å². The second-order valence-electron chi connectivity index (χ2n) is 6.08. The highest BCUT2D eigenvalue weighted by molar-refractivity contribution is 7.09. The summed E-state index contributed by atoms with van der Waals surface area (Å²) in [4.78, 5) is 28.2. The van der Waals surface area contributed by atoms with Gasteiger partial charge < -0.3 is 9.80 Å². The lowest BCUT2D eigenvalue weighted by Crippen LogP contribution is -2.48. The molecule has 7 heteroatoms. The van der Waals surface area contributed by atoms with Gasteiger partial charge in [-0.2, -0.15) is 0 Å². The van der Waals surface area contributed by atoms with Crippen LogP contribution in [0.1, 0.15) is 17.7 Å². The quantitative estimate of drug-likeness (QED) is 0.586. The number of rotatable bonds is 6. The molecule has 2 heterocycles. The van der Waals surface area contributed by atoms with Crippen molar-refractivity contribution in [1.82, 2.24) is 4.90 Å². The fourth-order valence-electron chi connectivity index (χ4n) is 3.04. The van der Waals surface area contributed by atoms with Gasteiger partial charge in [-0.3, -0.25) is 14.9 Å². The summed E-state index contributed by atoms with van der Waals surface area (Å²) in [5.41, 5.74) is 0.948. The van der Waals surface area contributed by atoms with E-state index in [1.165, 1.54) is 10.9 Å². The molecule has 0 N–H and O–H groups in total. The van der Waals surface area contributed by atoms with Crippen molar-refractivity contribution in [2.24, 2.45) is 0 Å². The highest BCUT2D eigenvalue weighted by Crippen LogP contribution is 2.22. The molecule has 1 fully saturated rings. The molecule has 0 saturated carbocycles. The molecule has 1 aromatic heterocycles. The molecule has 2 aromatic rings. The molecule has 132 valence electrons. The Hall–Kier alpha value is -2.41. The maximum atomic E-state index is 12.3. The zero-order chi connectivity index (χ0) is 17.6. The first kappa shape index (κ1) is 17.4. The van der Waals surface area contributed by atoms with Gasteiger partial charge >= 0.3 is 0 Å². The second kappa shape index (κ2) is 8.11. The lowest BCUT2D eigenvalue weighted by atomic mass is 10.1. The predicted octanol–water partition coefficient (Wildman–Crippen LogP) is 3.33. The van der Waals surface area contributed by atoms with Crippen LogP contribution in [0.25, 0.3) is 0 Å². The number of carbonyl (C=O) groups excluding carboxylic acids is 1. The first-order chi connectivity index (χ1) is 12.1. The molecule has 1 amide bonds. The summed E-state index contributed by atoms with van der Waals surface area (Å²) in [5, 5.41) is 13.0. The molecule has 0 atom stereocenters. The number of hydrogen-bond donors (Lipinski definition) is 0. The summed E-state index contributed by atoms with van der Waals surface area (Å²) in [6, 6.07) is 10.8. The number of anilines is 1. The number of piperazine rings is 1. The van der Waals surface area contributed by atoms with Crippen molar-refractivity contribution in [3.8, 4) is 0 Å².